The van der Waals surface area contributed by atoms with Crippen LogP contribution in [0.1, 0.15) is 17.9 Å². The lowest BCUT2D eigenvalue weighted by molar-refractivity contribution is 1.01. The molecule has 16 heavy (non-hydrogen) atoms. The lowest BCUT2D eigenvalue weighted by atomic mass is 10.3. The van der Waals surface area contributed by atoms with Crippen molar-refractivity contribution >= 4 is 27.7 Å². The largest absolute Gasteiger partial charge is 0.260 e. The molecule has 0 saturated carbocycles. The fourth-order valence-corrected chi connectivity index (χ4v) is 2.62. The van der Waals surface area contributed by atoms with Crippen molar-refractivity contribution in [2.24, 2.45) is 0 Å². The van der Waals surface area contributed by atoms with Crippen LogP contribution in [0.25, 0.3) is 0 Å². The molecule has 1 heterocycles. The normalized spacial score (nSPS) is 12.4. The molecule has 2 rings (SSSR count). The third-order valence-electron chi connectivity index (χ3n) is 2.23. The summed E-state index contributed by atoms with van der Waals surface area (Å²) < 4.78 is 1.11. The molecule has 2 aromatic rings. The number of hydrogen-bond donors (Lipinski definition) is 0. The summed E-state index contributed by atoms with van der Waals surface area (Å²) in [6, 6.07) is 14.4. The number of nitrogens with zero attached hydrogens (tertiary/aromatic N) is 1. The predicted molar refractivity (Wildman–Crippen MR) is 72.7 cm³/mol. The zero-order chi connectivity index (χ0) is 11.4. The van der Waals surface area contributed by atoms with E-state index in [-0.39, 0.29) is 0 Å². The predicted octanol–water partition coefficient (Wildman–Crippen LogP) is 4.70. The first kappa shape index (κ1) is 11.7. The first-order chi connectivity index (χ1) is 7.75. The van der Waals surface area contributed by atoms with E-state index < -0.39 is 0 Å². The van der Waals surface area contributed by atoms with E-state index >= 15 is 0 Å². The van der Waals surface area contributed by atoms with Gasteiger partial charge >= 0.3 is 0 Å². The van der Waals surface area contributed by atoms with Crippen LogP contribution in [0, 0.1) is 0 Å². The molecule has 1 aromatic heterocycles. The Morgan fingerprint density at radius 2 is 1.88 bits per heavy atom. The van der Waals surface area contributed by atoms with Crippen molar-refractivity contribution in [3.63, 3.8) is 0 Å². The molecule has 1 nitrogen and oxygen atoms in total. The zero-order valence-corrected chi connectivity index (χ0v) is 11.3. The van der Waals surface area contributed by atoms with Crippen molar-refractivity contribution in [2.75, 3.05) is 0 Å². The summed E-state index contributed by atoms with van der Waals surface area (Å²) in [5.41, 5.74) is 1.12. The van der Waals surface area contributed by atoms with Crippen LogP contribution in [0.3, 0.4) is 0 Å². The van der Waals surface area contributed by atoms with Crippen molar-refractivity contribution in [2.45, 2.75) is 17.1 Å². The lowest BCUT2D eigenvalue weighted by Crippen LogP contribution is -1.91. The number of benzene rings is 1. The van der Waals surface area contributed by atoms with Gasteiger partial charge in [-0.3, -0.25) is 4.98 Å². The molecule has 0 spiro atoms. The highest BCUT2D eigenvalue weighted by molar-refractivity contribution is 9.10. The lowest BCUT2D eigenvalue weighted by Gasteiger charge is -2.10. The third kappa shape index (κ3) is 3.09. The molecule has 0 N–H and O–H groups in total. The average molecular weight is 294 g/mol. The Morgan fingerprint density at radius 1 is 1.12 bits per heavy atom. The van der Waals surface area contributed by atoms with E-state index in [9.17, 15) is 0 Å². The number of halogens is 1. The number of thioether (sulfide) groups is 1. The van der Waals surface area contributed by atoms with E-state index in [1.54, 1.807) is 0 Å². The summed E-state index contributed by atoms with van der Waals surface area (Å²) in [6.45, 7) is 2.18. The highest BCUT2D eigenvalue weighted by Gasteiger charge is 2.07. The summed E-state index contributed by atoms with van der Waals surface area (Å²) in [5, 5.41) is 0.377. The number of pyridine rings is 1. The molecule has 0 bridgehead atoms. The van der Waals surface area contributed by atoms with Gasteiger partial charge in [-0.15, -0.1) is 11.8 Å². The first-order valence-electron chi connectivity index (χ1n) is 5.09. The van der Waals surface area contributed by atoms with E-state index in [2.05, 4.69) is 58.2 Å². The fraction of sp³-hybridized carbons (Fsp3) is 0.154. The van der Waals surface area contributed by atoms with Gasteiger partial charge in [-0.25, -0.2) is 0 Å². The second kappa shape index (κ2) is 5.51. The van der Waals surface area contributed by atoms with Crippen LogP contribution in [0.2, 0.25) is 0 Å². The van der Waals surface area contributed by atoms with Crippen molar-refractivity contribution in [1.29, 1.82) is 0 Å². The van der Waals surface area contributed by atoms with E-state index in [1.165, 1.54) is 4.90 Å². The Labute approximate surface area is 108 Å². The fourth-order valence-electron chi connectivity index (χ4n) is 1.39. The number of aromatic nitrogens is 1. The highest BCUT2D eigenvalue weighted by Crippen LogP contribution is 2.33. The molecule has 0 aliphatic heterocycles. The Hall–Kier alpha value is -0.800. The minimum Gasteiger partial charge on any atom is -0.260 e. The van der Waals surface area contributed by atoms with Gasteiger partial charge in [-0.1, -0.05) is 22.0 Å². The Bertz CT molecular complexity index is 441. The minimum absolute atomic E-state index is 0.377. The molecule has 1 atom stereocenters. The SMILES string of the molecule is C[C@@H](Sc1ccc(Br)cc1)c1ccccn1. The van der Waals surface area contributed by atoms with E-state index in [0.717, 1.165) is 10.2 Å². The molecule has 0 amide bonds. The standard InChI is InChI=1S/C13H12BrNS/c1-10(13-4-2-3-9-15-13)16-12-7-5-11(14)6-8-12/h2-10H,1H3/t10-/m1/s1. The topological polar surface area (TPSA) is 12.9 Å². The highest BCUT2D eigenvalue weighted by atomic mass is 79.9. The third-order valence-corrected chi connectivity index (χ3v) is 3.90. The van der Waals surface area contributed by atoms with Crippen LogP contribution in [0.5, 0.6) is 0 Å². The van der Waals surface area contributed by atoms with Crippen molar-refractivity contribution in [3.8, 4) is 0 Å². The molecule has 0 radical (unpaired) electrons. The zero-order valence-electron chi connectivity index (χ0n) is 8.93. The molecule has 3 heteroatoms. The van der Waals surface area contributed by atoms with Gasteiger partial charge in [0.25, 0.3) is 0 Å². The molecule has 0 aliphatic rings. The second-order valence-electron chi connectivity index (χ2n) is 3.47. The summed E-state index contributed by atoms with van der Waals surface area (Å²) in [5.74, 6) is 0. The van der Waals surface area contributed by atoms with E-state index in [4.69, 9.17) is 0 Å². The second-order valence-corrected chi connectivity index (χ2v) is 5.80. The van der Waals surface area contributed by atoms with Gasteiger partial charge in [-0.05, 0) is 43.3 Å². The molecular weight excluding hydrogens is 282 g/mol. The average Bonchev–Trinajstić information content (AvgIpc) is 2.33. The summed E-state index contributed by atoms with van der Waals surface area (Å²) in [6.07, 6.45) is 1.84. The Balaban J connectivity index is 2.08. The van der Waals surface area contributed by atoms with E-state index in [1.807, 2.05) is 30.1 Å². The Morgan fingerprint density at radius 3 is 2.50 bits per heavy atom. The van der Waals surface area contributed by atoms with Gasteiger partial charge in [-0.2, -0.15) is 0 Å². The van der Waals surface area contributed by atoms with Gasteiger partial charge < -0.3 is 0 Å². The van der Waals surface area contributed by atoms with Crippen LogP contribution >= 0.6 is 27.7 Å². The maximum absolute atomic E-state index is 4.36. The molecular formula is C13H12BrNS. The molecule has 0 fully saturated rings. The molecule has 0 unspecified atom stereocenters. The maximum Gasteiger partial charge on any atom is 0.0534 e. The number of rotatable bonds is 3. The molecule has 0 aliphatic carbocycles. The monoisotopic (exact) mass is 293 g/mol. The maximum atomic E-state index is 4.36. The smallest absolute Gasteiger partial charge is 0.0534 e. The van der Waals surface area contributed by atoms with Crippen LogP contribution in [-0.2, 0) is 0 Å². The quantitative estimate of drug-likeness (QED) is 0.761. The Kier molecular flexibility index (Phi) is 4.02. The van der Waals surface area contributed by atoms with E-state index in [0.29, 0.717) is 5.25 Å². The van der Waals surface area contributed by atoms with Crippen molar-refractivity contribution in [3.05, 3.63) is 58.8 Å². The van der Waals surface area contributed by atoms with Crippen molar-refractivity contribution in [1.82, 2.24) is 4.98 Å². The first-order valence-corrected chi connectivity index (χ1v) is 6.76. The summed E-state index contributed by atoms with van der Waals surface area (Å²) in [7, 11) is 0. The van der Waals surface area contributed by atoms with Gasteiger partial charge in [0, 0.05) is 20.8 Å². The van der Waals surface area contributed by atoms with Gasteiger partial charge in [0.15, 0.2) is 0 Å². The van der Waals surface area contributed by atoms with Crippen LogP contribution in [-0.4, -0.2) is 4.98 Å². The molecule has 82 valence electrons. The van der Waals surface area contributed by atoms with Gasteiger partial charge in [0.2, 0.25) is 0 Å². The number of hydrogen-bond acceptors (Lipinski definition) is 2. The van der Waals surface area contributed by atoms with Crippen LogP contribution in [0.15, 0.2) is 58.0 Å². The molecule has 0 saturated heterocycles. The minimum atomic E-state index is 0.377. The van der Waals surface area contributed by atoms with Crippen molar-refractivity contribution < 1.29 is 0 Å². The van der Waals surface area contributed by atoms with Gasteiger partial charge in [0.05, 0.1) is 5.69 Å². The van der Waals surface area contributed by atoms with Crippen LogP contribution in [0.4, 0.5) is 0 Å². The van der Waals surface area contributed by atoms with Crippen LogP contribution < -0.4 is 0 Å². The van der Waals surface area contributed by atoms with Gasteiger partial charge in [0.1, 0.15) is 0 Å². The summed E-state index contributed by atoms with van der Waals surface area (Å²) in [4.78, 5) is 5.63. The summed E-state index contributed by atoms with van der Waals surface area (Å²) >= 11 is 5.26. The molecule has 1 aromatic carbocycles.